The molecule has 1 aromatic heterocycles. The van der Waals surface area contributed by atoms with Crippen LogP contribution in [0.2, 0.25) is 0 Å². The number of amides is 1. The molecule has 1 amide bonds. The van der Waals surface area contributed by atoms with E-state index in [0.717, 1.165) is 6.42 Å². The average molecular weight is 260 g/mol. The summed E-state index contributed by atoms with van der Waals surface area (Å²) in [6, 6.07) is 1.17. The van der Waals surface area contributed by atoms with Gasteiger partial charge in [-0.2, -0.15) is 0 Å². The van der Waals surface area contributed by atoms with E-state index >= 15 is 0 Å². The largest absolute Gasteiger partial charge is 0.455 e. The number of carbonyl (C=O) groups excluding carboxylic acids is 1. The zero-order valence-electron chi connectivity index (χ0n) is 10.1. The Morgan fingerprint density at radius 2 is 2.12 bits per heavy atom. The van der Waals surface area contributed by atoms with Crippen molar-refractivity contribution in [1.29, 1.82) is 0 Å². The molecule has 0 fully saturated rings. The van der Waals surface area contributed by atoms with Crippen LogP contribution in [0.25, 0.3) is 0 Å². The minimum atomic E-state index is -3.85. The van der Waals surface area contributed by atoms with Gasteiger partial charge < -0.3 is 9.32 Å². The number of hydrogen-bond donors (Lipinski definition) is 1. The van der Waals surface area contributed by atoms with Crippen LogP contribution < -0.4 is 5.14 Å². The standard InChI is InChI=1S/C10H16N2O4S/c1-4-5-12(3)10(13)8-6-9(7(2)16-8)17(11,14)15/h6H,4-5H2,1-3H3,(H2,11,14,15). The van der Waals surface area contributed by atoms with E-state index in [9.17, 15) is 13.2 Å². The molecule has 0 unspecified atom stereocenters. The second-order valence-electron chi connectivity index (χ2n) is 3.80. The van der Waals surface area contributed by atoms with Gasteiger partial charge in [-0.1, -0.05) is 6.92 Å². The zero-order chi connectivity index (χ0) is 13.2. The van der Waals surface area contributed by atoms with Crippen molar-refractivity contribution in [2.75, 3.05) is 13.6 Å². The first-order chi connectivity index (χ1) is 7.77. The Labute approximate surface area is 100 Å². The molecule has 0 aromatic carbocycles. The van der Waals surface area contributed by atoms with Gasteiger partial charge >= 0.3 is 0 Å². The first kappa shape index (κ1) is 13.7. The topological polar surface area (TPSA) is 93.6 Å². The fraction of sp³-hybridized carbons (Fsp3) is 0.500. The molecule has 0 radical (unpaired) electrons. The van der Waals surface area contributed by atoms with Crippen molar-refractivity contribution in [3.8, 4) is 0 Å². The predicted molar refractivity (Wildman–Crippen MR) is 62.1 cm³/mol. The summed E-state index contributed by atoms with van der Waals surface area (Å²) in [5.41, 5.74) is 0. The Kier molecular flexibility index (Phi) is 3.94. The smallest absolute Gasteiger partial charge is 0.289 e. The van der Waals surface area contributed by atoms with Gasteiger partial charge in [-0.15, -0.1) is 0 Å². The van der Waals surface area contributed by atoms with Crippen molar-refractivity contribution in [3.63, 3.8) is 0 Å². The molecular weight excluding hydrogens is 244 g/mol. The fourth-order valence-corrected chi connectivity index (χ4v) is 2.19. The molecular formula is C10H16N2O4S. The number of carbonyl (C=O) groups is 1. The molecule has 0 aliphatic heterocycles. The van der Waals surface area contributed by atoms with Crippen LogP contribution in [0.15, 0.2) is 15.4 Å². The van der Waals surface area contributed by atoms with E-state index in [0.29, 0.717) is 6.54 Å². The quantitative estimate of drug-likeness (QED) is 0.863. The van der Waals surface area contributed by atoms with Crippen LogP contribution in [0, 0.1) is 6.92 Å². The molecule has 0 atom stereocenters. The molecule has 1 heterocycles. The first-order valence-corrected chi connectivity index (χ1v) is 6.70. The van der Waals surface area contributed by atoms with Crippen LogP contribution >= 0.6 is 0 Å². The summed E-state index contributed by atoms with van der Waals surface area (Å²) in [4.78, 5) is 13.1. The molecule has 7 heteroatoms. The van der Waals surface area contributed by atoms with Gasteiger partial charge in [0, 0.05) is 19.7 Å². The highest BCUT2D eigenvalue weighted by atomic mass is 32.2. The minimum Gasteiger partial charge on any atom is -0.455 e. The lowest BCUT2D eigenvalue weighted by atomic mass is 10.3. The third kappa shape index (κ3) is 3.07. The van der Waals surface area contributed by atoms with E-state index in [2.05, 4.69) is 0 Å². The summed E-state index contributed by atoms with van der Waals surface area (Å²) in [7, 11) is -2.22. The van der Waals surface area contributed by atoms with Crippen LogP contribution in [-0.2, 0) is 10.0 Å². The molecule has 0 aliphatic rings. The molecule has 0 bridgehead atoms. The second kappa shape index (κ2) is 4.89. The summed E-state index contributed by atoms with van der Waals surface area (Å²) >= 11 is 0. The maximum absolute atomic E-state index is 11.8. The molecule has 0 saturated carbocycles. The number of aryl methyl sites for hydroxylation is 1. The van der Waals surface area contributed by atoms with Gasteiger partial charge in [0.2, 0.25) is 10.0 Å². The van der Waals surface area contributed by atoms with E-state index in [1.54, 1.807) is 7.05 Å². The number of hydrogen-bond acceptors (Lipinski definition) is 4. The number of rotatable bonds is 4. The van der Waals surface area contributed by atoms with Gasteiger partial charge in [-0.25, -0.2) is 13.6 Å². The van der Waals surface area contributed by atoms with Crippen LogP contribution in [-0.4, -0.2) is 32.8 Å². The Hall–Kier alpha value is -1.34. The third-order valence-corrected chi connectivity index (χ3v) is 3.31. The van der Waals surface area contributed by atoms with Crippen molar-refractivity contribution in [2.24, 2.45) is 5.14 Å². The van der Waals surface area contributed by atoms with Gasteiger partial charge in [0.15, 0.2) is 5.76 Å². The van der Waals surface area contributed by atoms with Crippen molar-refractivity contribution >= 4 is 15.9 Å². The lowest BCUT2D eigenvalue weighted by Gasteiger charge is -2.13. The molecule has 17 heavy (non-hydrogen) atoms. The lowest BCUT2D eigenvalue weighted by Crippen LogP contribution is -2.27. The third-order valence-electron chi connectivity index (χ3n) is 2.30. The Morgan fingerprint density at radius 1 is 1.53 bits per heavy atom. The van der Waals surface area contributed by atoms with Crippen molar-refractivity contribution < 1.29 is 17.6 Å². The molecule has 2 N–H and O–H groups in total. The summed E-state index contributed by atoms with van der Waals surface area (Å²) in [5.74, 6) is -0.243. The van der Waals surface area contributed by atoms with E-state index < -0.39 is 10.0 Å². The fourth-order valence-electron chi connectivity index (χ4n) is 1.48. The van der Waals surface area contributed by atoms with E-state index in [1.807, 2.05) is 6.92 Å². The monoisotopic (exact) mass is 260 g/mol. The summed E-state index contributed by atoms with van der Waals surface area (Å²) < 4.78 is 27.5. The highest BCUT2D eigenvalue weighted by Crippen LogP contribution is 2.19. The van der Waals surface area contributed by atoms with E-state index in [-0.39, 0.29) is 22.3 Å². The van der Waals surface area contributed by atoms with Gasteiger partial charge in [-0.05, 0) is 13.3 Å². The molecule has 0 spiro atoms. The predicted octanol–water partition coefficient (Wildman–Crippen LogP) is 0.717. The highest BCUT2D eigenvalue weighted by Gasteiger charge is 2.22. The highest BCUT2D eigenvalue weighted by molar-refractivity contribution is 7.89. The summed E-state index contributed by atoms with van der Waals surface area (Å²) in [5, 5.41) is 4.99. The molecule has 96 valence electrons. The first-order valence-electron chi connectivity index (χ1n) is 5.16. The van der Waals surface area contributed by atoms with Crippen molar-refractivity contribution in [1.82, 2.24) is 4.90 Å². The molecule has 0 saturated heterocycles. The SMILES string of the molecule is CCCN(C)C(=O)c1cc(S(N)(=O)=O)c(C)o1. The van der Waals surface area contributed by atoms with Crippen LogP contribution in [0.5, 0.6) is 0 Å². The molecule has 1 rings (SSSR count). The maximum Gasteiger partial charge on any atom is 0.289 e. The van der Waals surface area contributed by atoms with Gasteiger partial charge in [0.1, 0.15) is 10.7 Å². The Morgan fingerprint density at radius 3 is 2.53 bits per heavy atom. The summed E-state index contributed by atoms with van der Waals surface area (Å²) in [6.07, 6.45) is 0.809. The number of sulfonamides is 1. The zero-order valence-corrected chi connectivity index (χ0v) is 10.9. The Bertz CT molecular complexity index is 518. The minimum absolute atomic E-state index is 0.0116. The molecule has 6 nitrogen and oxygen atoms in total. The average Bonchev–Trinajstić information content (AvgIpc) is 2.59. The van der Waals surface area contributed by atoms with Crippen molar-refractivity contribution in [3.05, 3.63) is 17.6 Å². The van der Waals surface area contributed by atoms with E-state index in [1.165, 1.54) is 17.9 Å². The number of nitrogens with two attached hydrogens (primary N) is 1. The van der Waals surface area contributed by atoms with E-state index in [4.69, 9.17) is 9.56 Å². The van der Waals surface area contributed by atoms with Crippen LogP contribution in [0.3, 0.4) is 0 Å². The Balaban J connectivity index is 3.06. The number of primary sulfonamides is 1. The van der Waals surface area contributed by atoms with Gasteiger partial charge in [0.05, 0.1) is 0 Å². The number of furan rings is 1. The summed E-state index contributed by atoms with van der Waals surface area (Å²) in [6.45, 7) is 3.96. The second-order valence-corrected chi connectivity index (χ2v) is 5.33. The van der Waals surface area contributed by atoms with Crippen LogP contribution in [0.4, 0.5) is 0 Å². The molecule has 0 aliphatic carbocycles. The normalized spacial score (nSPS) is 11.5. The van der Waals surface area contributed by atoms with Gasteiger partial charge in [-0.3, -0.25) is 4.79 Å². The number of nitrogens with zero attached hydrogens (tertiary/aromatic N) is 1. The molecule has 1 aromatic rings. The van der Waals surface area contributed by atoms with Gasteiger partial charge in [0.25, 0.3) is 5.91 Å². The van der Waals surface area contributed by atoms with Crippen LogP contribution in [0.1, 0.15) is 29.7 Å². The lowest BCUT2D eigenvalue weighted by molar-refractivity contribution is 0.0762. The maximum atomic E-state index is 11.8. The van der Waals surface area contributed by atoms with Crippen molar-refractivity contribution in [2.45, 2.75) is 25.2 Å².